The highest BCUT2D eigenvalue weighted by molar-refractivity contribution is 5.69. The number of H-pyrrole nitrogens is 1. The van der Waals surface area contributed by atoms with Crippen molar-refractivity contribution < 1.29 is 17.9 Å². The van der Waals surface area contributed by atoms with E-state index in [0.29, 0.717) is 23.7 Å². The highest BCUT2D eigenvalue weighted by Gasteiger charge is 2.34. The summed E-state index contributed by atoms with van der Waals surface area (Å²) in [6, 6.07) is 4.32. The molecule has 1 N–H and O–H groups in total. The number of halogens is 3. The molecule has 4 rings (SSSR count). The number of aromatic nitrogens is 2. The van der Waals surface area contributed by atoms with Crippen LogP contribution in [0.2, 0.25) is 0 Å². The molecule has 2 aliphatic rings. The van der Waals surface area contributed by atoms with Gasteiger partial charge in [0.25, 0.3) is 0 Å². The number of hydrogen-bond acceptors (Lipinski definition) is 3. The minimum Gasteiger partial charge on any atom is -0.381 e. The van der Waals surface area contributed by atoms with E-state index in [1.54, 1.807) is 6.07 Å². The molecule has 2 aromatic rings. The lowest BCUT2D eigenvalue weighted by atomic mass is 9.94. The fraction of sp³-hybridized carbons (Fsp3) is 0.526. The van der Waals surface area contributed by atoms with Gasteiger partial charge in [0.1, 0.15) is 0 Å². The van der Waals surface area contributed by atoms with E-state index < -0.39 is 11.7 Å². The van der Waals surface area contributed by atoms with Crippen LogP contribution in [0.15, 0.2) is 18.2 Å². The van der Waals surface area contributed by atoms with E-state index in [1.165, 1.54) is 13.0 Å². The molecule has 1 saturated heterocycles. The predicted molar refractivity (Wildman–Crippen MR) is 91.7 cm³/mol. The highest BCUT2D eigenvalue weighted by atomic mass is 19.4. The number of nitrogens with one attached hydrogen (secondary N) is 1. The zero-order valence-corrected chi connectivity index (χ0v) is 14.7. The Morgan fingerprint density at radius 2 is 2.19 bits per heavy atom. The maximum Gasteiger partial charge on any atom is 0.416 e. The first kappa shape index (κ1) is 17.5. The molecule has 1 atom stereocenters. The standard InChI is InChI=1S/C19H22F3N3O/c1-12-14(3-2-4-16(12)19(20,21)22)18-15-10-25(7-5-17(15)23-24-18)9-13-6-8-26-11-13/h2-4,13H,5-11H2,1H3,(H,23,24). The van der Waals surface area contributed by atoms with Gasteiger partial charge in [0.05, 0.1) is 17.9 Å². The summed E-state index contributed by atoms with van der Waals surface area (Å²) >= 11 is 0. The van der Waals surface area contributed by atoms with E-state index in [0.717, 1.165) is 56.5 Å². The van der Waals surface area contributed by atoms with Crippen LogP contribution in [0.5, 0.6) is 0 Å². The lowest BCUT2D eigenvalue weighted by Gasteiger charge is -2.29. The SMILES string of the molecule is Cc1c(-c2n[nH]c3c2CN(CC2CCOC2)CC3)cccc1C(F)(F)F. The lowest BCUT2D eigenvalue weighted by molar-refractivity contribution is -0.138. The summed E-state index contributed by atoms with van der Waals surface area (Å²) in [6.07, 6.45) is -2.44. The number of rotatable bonds is 3. The van der Waals surface area contributed by atoms with Gasteiger partial charge >= 0.3 is 6.18 Å². The van der Waals surface area contributed by atoms with Crippen molar-refractivity contribution in [1.82, 2.24) is 15.1 Å². The van der Waals surface area contributed by atoms with E-state index in [4.69, 9.17) is 4.74 Å². The molecule has 1 aromatic heterocycles. The number of alkyl halides is 3. The van der Waals surface area contributed by atoms with Gasteiger partial charge in [-0.15, -0.1) is 0 Å². The molecule has 4 nitrogen and oxygen atoms in total. The van der Waals surface area contributed by atoms with Crippen LogP contribution >= 0.6 is 0 Å². The smallest absolute Gasteiger partial charge is 0.381 e. The monoisotopic (exact) mass is 365 g/mol. The van der Waals surface area contributed by atoms with E-state index in [1.807, 2.05) is 0 Å². The summed E-state index contributed by atoms with van der Waals surface area (Å²) in [6.45, 7) is 5.76. The molecule has 26 heavy (non-hydrogen) atoms. The third-order valence-electron chi connectivity index (χ3n) is 5.45. The Bertz CT molecular complexity index is 794. The van der Waals surface area contributed by atoms with Gasteiger partial charge < -0.3 is 4.74 Å². The van der Waals surface area contributed by atoms with E-state index in [2.05, 4.69) is 15.1 Å². The minimum atomic E-state index is -4.36. The summed E-state index contributed by atoms with van der Waals surface area (Å²) in [7, 11) is 0. The Kier molecular flexibility index (Phi) is 4.52. The summed E-state index contributed by atoms with van der Waals surface area (Å²) in [5.41, 5.74) is 2.91. The zero-order valence-electron chi connectivity index (χ0n) is 14.7. The Labute approximate surface area is 150 Å². The van der Waals surface area contributed by atoms with Crippen molar-refractivity contribution in [1.29, 1.82) is 0 Å². The highest BCUT2D eigenvalue weighted by Crippen LogP contribution is 2.37. The van der Waals surface area contributed by atoms with E-state index >= 15 is 0 Å². The Hall–Kier alpha value is -1.86. The van der Waals surface area contributed by atoms with Crippen LogP contribution in [-0.2, 0) is 23.9 Å². The third-order valence-corrected chi connectivity index (χ3v) is 5.45. The second kappa shape index (κ2) is 6.70. The molecule has 1 aromatic carbocycles. The van der Waals surface area contributed by atoms with Crippen molar-refractivity contribution >= 4 is 0 Å². The molecule has 2 aliphatic heterocycles. The molecule has 1 unspecified atom stereocenters. The quantitative estimate of drug-likeness (QED) is 0.900. The zero-order chi connectivity index (χ0) is 18.3. The van der Waals surface area contributed by atoms with Crippen molar-refractivity contribution in [2.24, 2.45) is 5.92 Å². The molecule has 0 saturated carbocycles. The van der Waals surface area contributed by atoms with Crippen molar-refractivity contribution in [2.75, 3.05) is 26.3 Å². The van der Waals surface area contributed by atoms with Gasteiger partial charge in [-0.1, -0.05) is 12.1 Å². The van der Waals surface area contributed by atoms with Crippen LogP contribution in [0.1, 0.15) is 28.8 Å². The predicted octanol–water partition coefficient (Wildman–Crippen LogP) is 3.80. The fourth-order valence-electron chi connectivity index (χ4n) is 4.02. The Balaban J connectivity index is 1.63. The van der Waals surface area contributed by atoms with Crippen molar-refractivity contribution in [3.05, 3.63) is 40.6 Å². The molecule has 0 radical (unpaired) electrons. The number of benzene rings is 1. The summed E-state index contributed by atoms with van der Waals surface area (Å²) < 4.78 is 45.2. The number of aromatic amines is 1. The first-order valence-corrected chi connectivity index (χ1v) is 8.97. The van der Waals surface area contributed by atoms with E-state index in [9.17, 15) is 13.2 Å². The molecular weight excluding hydrogens is 343 g/mol. The topological polar surface area (TPSA) is 41.2 Å². The van der Waals surface area contributed by atoms with Crippen LogP contribution in [0.25, 0.3) is 11.3 Å². The molecule has 0 amide bonds. The lowest BCUT2D eigenvalue weighted by Crippen LogP contribution is -2.34. The van der Waals surface area contributed by atoms with Crippen molar-refractivity contribution in [3.63, 3.8) is 0 Å². The third kappa shape index (κ3) is 3.25. The van der Waals surface area contributed by atoms with Crippen LogP contribution < -0.4 is 0 Å². The second-order valence-corrected chi connectivity index (χ2v) is 7.22. The minimum absolute atomic E-state index is 0.232. The summed E-state index contributed by atoms with van der Waals surface area (Å²) in [5.74, 6) is 0.544. The number of fused-ring (bicyclic) bond motifs is 1. The molecule has 3 heterocycles. The van der Waals surface area contributed by atoms with Gasteiger partial charge in [0, 0.05) is 49.5 Å². The molecule has 7 heteroatoms. The van der Waals surface area contributed by atoms with Gasteiger partial charge in [-0.3, -0.25) is 10.00 Å². The largest absolute Gasteiger partial charge is 0.416 e. The molecule has 0 bridgehead atoms. The van der Waals surface area contributed by atoms with Gasteiger partial charge in [0.15, 0.2) is 0 Å². The molecular formula is C19H22F3N3O. The normalized spacial score (nSPS) is 21.2. The Morgan fingerprint density at radius 1 is 1.35 bits per heavy atom. The van der Waals surface area contributed by atoms with Gasteiger partial charge in [-0.25, -0.2) is 0 Å². The Morgan fingerprint density at radius 3 is 2.92 bits per heavy atom. The van der Waals surface area contributed by atoms with Gasteiger partial charge in [-0.2, -0.15) is 18.3 Å². The number of nitrogens with zero attached hydrogens (tertiary/aromatic N) is 2. The molecule has 0 spiro atoms. The molecule has 1 fully saturated rings. The second-order valence-electron chi connectivity index (χ2n) is 7.22. The summed E-state index contributed by atoms with van der Waals surface area (Å²) in [4.78, 5) is 2.36. The van der Waals surface area contributed by atoms with Crippen LogP contribution in [0.4, 0.5) is 13.2 Å². The van der Waals surface area contributed by atoms with E-state index in [-0.39, 0.29) is 5.56 Å². The molecule has 0 aliphatic carbocycles. The fourth-order valence-corrected chi connectivity index (χ4v) is 4.02. The maximum atomic E-state index is 13.3. The number of ether oxygens (including phenoxy) is 1. The first-order chi connectivity index (χ1) is 12.4. The van der Waals surface area contributed by atoms with Crippen LogP contribution in [0.3, 0.4) is 0 Å². The van der Waals surface area contributed by atoms with Gasteiger partial charge in [0.2, 0.25) is 0 Å². The van der Waals surface area contributed by atoms with Crippen molar-refractivity contribution in [2.45, 2.75) is 32.5 Å². The van der Waals surface area contributed by atoms with Crippen LogP contribution in [0, 0.1) is 12.8 Å². The first-order valence-electron chi connectivity index (χ1n) is 8.97. The maximum absolute atomic E-state index is 13.3. The number of hydrogen-bond donors (Lipinski definition) is 1. The average molecular weight is 365 g/mol. The summed E-state index contributed by atoms with van der Waals surface area (Å²) in [5, 5.41) is 7.42. The van der Waals surface area contributed by atoms with Gasteiger partial charge in [-0.05, 0) is 30.9 Å². The molecule has 140 valence electrons. The van der Waals surface area contributed by atoms with Crippen LogP contribution in [-0.4, -0.2) is 41.4 Å². The van der Waals surface area contributed by atoms with Crippen molar-refractivity contribution in [3.8, 4) is 11.3 Å². The average Bonchev–Trinajstić information content (AvgIpc) is 3.23.